The van der Waals surface area contributed by atoms with Crippen LogP contribution in [-0.4, -0.2) is 12.4 Å². The maximum atomic E-state index is 11.9. The van der Waals surface area contributed by atoms with Crippen molar-refractivity contribution in [2.24, 2.45) is 0 Å². The lowest BCUT2D eigenvalue weighted by molar-refractivity contribution is -0.0498. The van der Waals surface area contributed by atoms with E-state index in [9.17, 15) is 13.6 Å². The van der Waals surface area contributed by atoms with Gasteiger partial charge in [-0.1, -0.05) is 6.92 Å². The molecule has 0 aliphatic rings. The molecule has 0 saturated carbocycles. The maximum absolute atomic E-state index is 11.9. The molecule has 0 saturated heterocycles. The monoisotopic (exact) mass is 225 g/mol. The molecule has 0 fully saturated rings. The molecule has 1 aromatic rings. The number of carbonyl (C=O) groups is 1. The van der Waals surface area contributed by atoms with Gasteiger partial charge in [-0.3, -0.25) is 4.79 Å². The maximum Gasteiger partial charge on any atom is 0.387 e. The lowest BCUT2D eigenvalue weighted by atomic mass is 10.0. The molecule has 3 nitrogen and oxygen atoms in total. The van der Waals surface area contributed by atoms with Crippen molar-refractivity contribution in [3.63, 3.8) is 0 Å². The lowest BCUT2D eigenvalue weighted by Gasteiger charge is -2.07. The number of ether oxygens (including phenoxy) is 1. The molecular weight excluding hydrogens is 216 g/mol. The van der Waals surface area contributed by atoms with Crippen LogP contribution in [-0.2, 0) is 0 Å². The van der Waals surface area contributed by atoms with Gasteiger partial charge >= 0.3 is 6.61 Å². The minimum atomic E-state index is -2.95. The van der Waals surface area contributed by atoms with Gasteiger partial charge < -0.3 is 4.74 Å². The van der Waals surface area contributed by atoms with Crippen molar-refractivity contribution >= 4 is 5.78 Å². The summed E-state index contributed by atoms with van der Waals surface area (Å²) in [4.78, 5) is 11.4. The van der Waals surface area contributed by atoms with Crippen molar-refractivity contribution < 1.29 is 18.3 Å². The van der Waals surface area contributed by atoms with E-state index in [0.717, 1.165) is 6.07 Å². The molecule has 0 heterocycles. The molecule has 84 valence electrons. The molecule has 0 bridgehead atoms. The second kappa shape index (κ2) is 5.21. The third-order valence-electron chi connectivity index (χ3n) is 1.96. The van der Waals surface area contributed by atoms with Crippen LogP contribution in [0, 0.1) is 11.3 Å². The number of rotatable bonds is 4. The van der Waals surface area contributed by atoms with Gasteiger partial charge in [0.15, 0.2) is 5.78 Å². The molecule has 0 atom stereocenters. The molecular formula is C11H9F2NO2. The zero-order valence-corrected chi connectivity index (χ0v) is 8.54. The predicted octanol–water partition coefficient (Wildman–Crippen LogP) is 2.75. The molecule has 0 aliphatic carbocycles. The molecule has 0 aliphatic heterocycles. The van der Waals surface area contributed by atoms with Crippen LogP contribution in [0.25, 0.3) is 0 Å². The number of ketones is 1. The zero-order chi connectivity index (χ0) is 12.1. The molecule has 0 radical (unpaired) electrons. The Morgan fingerprint density at radius 3 is 2.75 bits per heavy atom. The fraction of sp³-hybridized carbons (Fsp3) is 0.273. The van der Waals surface area contributed by atoms with Gasteiger partial charge in [-0.25, -0.2) is 0 Å². The van der Waals surface area contributed by atoms with E-state index in [0.29, 0.717) is 0 Å². The third kappa shape index (κ3) is 2.76. The summed E-state index contributed by atoms with van der Waals surface area (Å²) < 4.78 is 28.0. The van der Waals surface area contributed by atoms with Crippen LogP contribution < -0.4 is 4.74 Å². The SMILES string of the molecule is CCC(=O)c1cc(OC(F)F)ccc1C#N. The standard InChI is InChI=1S/C11H9F2NO2/c1-2-10(15)9-5-8(16-11(12)13)4-3-7(9)6-14/h3-5,11H,2H2,1H3. The van der Waals surface area contributed by atoms with Crippen molar-refractivity contribution in [2.75, 3.05) is 0 Å². The van der Waals surface area contributed by atoms with E-state index in [1.165, 1.54) is 12.1 Å². The molecule has 16 heavy (non-hydrogen) atoms. The van der Waals surface area contributed by atoms with Gasteiger partial charge in [-0.15, -0.1) is 0 Å². The summed E-state index contributed by atoms with van der Waals surface area (Å²) in [7, 11) is 0. The van der Waals surface area contributed by atoms with Gasteiger partial charge in [0.25, 0.3) is 0 Å². The first-order valence-corrected chi connectivity index (χ1v) is 4.60. The summed E-state index contributed by atoms with van der Waals surface area (Å²) in [5.74, 6) is -0.401. The zero-order valence-electron chi connectivity index (χ0n) is 8.54. The highest BCUT2D eigenvalue weighted by Crippen LogP contribution is 2.20. The Kier molecular flexibility index (Phi) is 3.95. The van der Waals surface area contributed by atoms with E-state index in [4.69, 9.17) is 5.26 Å². The van der Waals surface area contributed by atoms with Gasteiger partial charge in [0.2, 0.25) is 0 Å². The second-order valence-corrected chi connectivity index (χ2v) is 2.97. The minimum absolute atomic E-state index is 0.114. The number of carbonyl (C=O) groups excluding carboxylic acids is 1. The van der Waals surface area contributed by atoms with Crippen LogP contribution in [0.2, 0.25) is 0 Å². The first-order chi connectivity index (χ1) is 7.58. The normalized spacial score (nSPS) is 9.94. The molecule has 0 unspecified atom stereocenters. The lowest BCUT2D eigenvalue weighted by Crippen LogP contribution is -2.05. The summed E-state index contributed by atoms with van der Waals surface area (Å²) in [5, 5.41) is 8.74. The van der Waals surface area contributed by atoms with Crippen LogP contribution in [0.5, 0.6) is 5.75 Å². The van der Waals surface area contributed by atoms with E-state index >= 15 is 0 Å². The van der Waals surface area contributed by atoms with Crippen LogP contribution in [0.1, 0.15) is 29.3 Å². The summed E-state index contributed by atoms with van der Waals surface area (Å²) in [5.41, 5.74) is 0.275. The summed E-state index contributed by atoms with van der Waals surface area (Å²) >= 11 is 0. The molecule has 5 heteroatoms. The number of halogens is 2. The highest BCUT2D eigenvalue weighted by atomic mass is 19.3. The Balaban J connectivity index is 3.12. The second-order valence-electron chi connectivity index (χ2n) is 2.97. The number of hydrogen-bond donors (Lipinski definition) is 0. The first kappa shape index (κ1) is 12.1. The first-order valence-electron chi connectivity index (χ1n) is 4.60. The average Bonchev–Trinajstić information content (AvgIpc) is 2.27. The van der Waals surface area contributed by atoms with Gasteiger partial charge in [0, 0.05) is 12.0 Å². The molecule has 1 rings (SSSR count). The van der Waals surface area contributed by atoms with E-state index in [-0.39, 0.29) is 29.1 Å². The van der Waals surface area contributed by atoms with E-state index < -0.39 is 6.61 Å². The Morgan fingerprint density at radius 2 is 2.25 bits per heavy atom. The van der Waals surface area contributed by atoms with Crippen molar-refractivity contribution in [1.29, 1.82) is 5.26 Å². The van der Waals surface area contributed by atoms with Gasteiger partial charge in [0.05, 0.1) is 11.6 Å². The number of nitrogens with zero attached hydrogens (tertiary/aromatic N) is 1. The Bertz CT molecular complexity index is 438. The van der Waals surface area contributed by atoms with E-state index in [2.05, 4.69) is 4.74 Å². The molecule has 0 amide bonds. The highest BCUT2D eigenvalue weighted by molar-refractivity contribution is 5.98. The fourth-order valence-corrected chi connectivity index (χ4v) is 1.22. The molecule has 0 N–H and O–H groups in total. The predicted molar refractivity (Wildman–Crippen MR) is 52.4 cm³/mol. The Morgan fingerprint density at radius 1 is 1.56 bits per heavy atom. The van der Waals surface area contributed by atoms with Crippen molar-refractivity contribution in [2.45, 2.75) is 20.0 Å². The van der Waals surface area contributed by atoms with Gasteiger partial charge in [0.1, 0.15) is 5.75 Å². The van der Waals surface area contributed by atoms with Gasteiger partial charge in [-0.2, -0.15) is 14.0 Å². The average molecular weight is 225 g/mol. The summed E-state index contributed by atoms with van der Waals surface area (Å²) in [6, 6.07) is 5.52. The van der Waals surface area contributed by atoms with Gasteiger partial charge in [-0.05, 0) is 18.2 Å². The van der Waals surface area contributed by atoms with Crippen LogP contribution in [0.3, 0.4) is 0 Å². The minimum Gasteiger partial charge on any atom is -0.435 e. The quantitative estimate of drug-likeness (QED) is 0.740. The number of hydrogen-bond acceptors (Lipinski definition) is 3. The van der Waals surface area contributed by atoms with Crippen molar-refractivity contribution in [1.82, 2.24) is 0 Å². The number of benzene rings is 1. The van der Waals surface area contributed by atoms with Crippen LogP contribution >= 0.6 is 0 Å². The molecule has 0 aromatic heterocycles. The summed E-state index contributed by atoms with van der Waals surface area (Å²) in [6.45, 7) is -1.32. The Labute approximate surface area is 91.3 Å². The molecule has 0 spiro atoms. The number of nitriles is 1. The smallest absolute Gasteiger partial charge is 0.387 e. The highest BCUT2D eigenvalue weighted by Gasteiger charge is 2.12. The third-order valence-corrected chi connectivity index (χ3v) is 1.96. The number of Topliss-reactive ketones (excluding diaryl/α,β-unsaturated/α-hetero) is 1. The largest absolute Gasteiger partial charge is 0.435 e. The van der Waals surface area contributed by atoms with E-state index in [1.54, 1.807) is 6.92 Å². The molecule has 1 aromatic carbocycles. The number of alkyl halides is 2. The van der Waals surface area contributed by atoms with Crippen molar-refractivity contribution in [3.05, 3.63) is 29.3 Å². The summed E-state index contributed by atoms with van der Waals surface area (Å²) in [6.07, 6.45) is 0.201. The topological polar surface area (TPSA) is 50.1 Å². The van der Waals surface area contributed by atoms with Crippen molar-refractivity contribution in [3.8, 4) is 11.8 Å². The van der Waals surface area contributed by atoms with Crippen LogP contribution in [0.15, 0.2) is 18.2 Å². The van der Waals surface area contributed by atoms with E-state index in [1.807, 2.05) is 6.07 Å². The fourth-order valence-electron chi connectivity index (χ4n) is 1.22. The Hall–Kier alpha value is -1.96. The van der Waals surface area contributed by atoms with Crippen LogP contribution in [0.4, 0.5) is 8.78 Å².